The number of pyridine rings is 1. The standard InChI is InChI=1S/C13H13F3N6O2S/c1-22(6-13(14,15)16)10(23)5-18-9-3-2-8(4-17-9)11(24)20-12-21-19-7-25-12/h2-4,7H,5-6H2,1H3,(H,17,18)(H,20,21,24). The number of alkyl halides is 3. The molecule has 8 nitrogen and oxygen atoms in total. The van der Waals surface area contributed by atoms with Crippen molar-refractivity contribution in [3.8, 4) is 0 Å². The molecule has 2 rings (SSSR count). The molecular weight excluding hydrogens is 361 g/mol. The van der Waals surface area contributed by atoms with Gasteiger partial charge in [0.05, 0.1) is 12.1 Å². The predicted molar refractivity (Wildman–Crippen MR) is 84.3 cm³/mol. The van der Waals surface area contributed by atoms with Crippen LogP contribution in [0, 0.1) is 0 Å². The molecule has 0 aliphatic rings. The first kappa shape index (κ1) is 18.6. The molecule has 2 amide bonds. The highest BCUT2D eigenvalue weighted by atomic mass is 32.1. The fourth-order valence-corrected chi connectivity index (χ4v) is 2.13. The largest absolute Gasteiger partial charge is 0.406 e. The van der Waals surface area contributed by atoms with Crippen LogP contribution in [0.3, 0.4) is 0 Å². The van der Waals surface area contributed by atoms with Crippen molar-refractivity contribution < 1.29 is 22.8 Å². The van der Waals surface area contributed by atoms with Gasteiger partial charge in [-0.1, -0.05) is 11.3 Å². The summed E-state index contributed by atoms with van der Waals surface area (Å²) in [5.74, 6) is -0.921. The number of hydrogen-bond acceptors (Lipinski definition) is 7. The Morgan fingerprint density at radius 2 is 2.08 bits per heavy atom. The molecule has 2 aromatic rings. The van der Waals surface area contributed by atoms with Crippen LogP contribution in [0.4, 0.5) is 24.1 Å². The maximum Gasteiger partial charge on any atom is 0.406 e. The van der Waals surface area contributed by atoms with Gasteiger partial charge in [-0.15, -0.1) is 10.2 Å². The highest BCUT2D eigenvalue weighted by molar-refractivity contribution is 7.13. The number of rotatable bonds is 6. The van der Waals surface area contributed by atoms with Gasteiger partial charge in [0.25, 0.3) is 5.91 Å². The molecule has 0 saturated heterocycles. The molecule has 0 saturated carbocycles. The van der Waals surface area contributed by atoms with Gasteiger partial charge >= 0.3 is 6.18 Å². The van der Waals surface area contributed by atoms with Crippen LogP contribution in [0.15, 0.2) is 23.8 Å². The Kier molecular flexibility index (Phi) is 5.85. The maximum absolute atomic E-state index is 12.2. The summed E-state index contributed by atoms with van der Waals surface area (Å²) >= 11 is 1.16. The highest BCUT2D eigenvalue weighted by Crippen LogP contribution is 2.15. The summed E-state index contributed by atoms with van der Waals surface area (Å²) in [6.45, 7) is -1.68. The molecule has 25 heavy (non-hydrogen) atoms. The number of hydrogen-bond donors (Lipinski definition) is 2. The van der Waals surface area contributed by atoms with Gasteiger partial charge in [-0.2, -0.15) is 13.2 Å². The van der Waals surface area contributed by atoms with Gasteiger partial charge in [-0.05, 0) is 12.1 Å². The third kappa shape index (κ3) is 5.99. The molecule has 0 spiro atoms. The summed E-state index contributed by atoms with van der Waals surface area (Å²) in [4.78, 5) is 28.0. The molecule has 0 radical (unpaired) electrons. The summed E-state index contributed by atoms with van der Waals surface area (Å²) in [6.07, 6.45) is -3.19. The van der Waals surface area contributed by atoms with Gasteiger partial charge in [0.1, 0.15) is 17.9 Å². The highest BCUT2D eigenvalue weighted by Gasteiger charge is 2.31. The van der Waals surface area contributed by atoms with Crippen LogP contribution in [0.25, 0.3) is 0 Å². The zero-order valence-corrected chi connectivity index (χ0v) is 13.7. The van der Waals surface area contributed by atoms with E-state index in [0.29, 0.717) is 10.0 Å². The Bertz CT molecular complexity index is 720. The third-order valence-corrected chi connectivity index (χ3v) is 3.48. The van der Waals surface area contributed by atoms with E-state index in [2.05, 4.69) is 25.8 Å². The molecule has 12 heteroatoms. The minimum atomic E-state index is -4.45. The first-order valence-electron chi connectivity index (χ1n) is 6.83. The lowest BCUT2D eigenvalue weighted by molar-refractivity contribution is -0.157. The minimum Gasteiger partial charge on any atom is -0.361 e. The zero-order valence-electron chi connectivity index (χ0n) is 12.9. The molecule has 0 aliphatic heterocycles. The molecular formula is C13H13F3N6O2S. The van der Waals surface area contributed by atoms with Crippen molar-refractivity contribution in [3.05, 3.63) is 29.4 Å². The van der Waals surface area contributed by atoms with Crippen molar-refractivity contribution in [1.82, 2.24) is 20.1 Å². The molecule has 0 aliphatic carbocycles. The molecule has 2 aromatic heterocycles. The van der Waals surface area contributed by atoms with Crippen LogP contribution < -0.4 is 10.6 Å². The number of aromatic nitrogens is 3. The lowest BCUT2D eigenvalue weighted by atomic mass is 10.2. The Morgan fingerprint density at radius 1 is 1.32 bits per heavy atom. The molecule has 0 atom stereocenters. The second kappa shape index (κ2) is 7.88. The van der Waals surface area contributed by atoms with Crippen molar-refractivity contribution in [2.24, 2.45) is 0 Å². The summed E-state index contributed by atoms with van der Waals surface area (Å²) < 4.78 is 36.6. The molecule has 0 unspecified atom stereocenters. The average Bonchev–Trinajstić information content (AvgIpc) is 3.04. The molecule has 0 bridgehead atoms. The van der Waals surface area contributed by atoms with Gasteiger partial charge in [0, 0.05) is 13.2 Å². The van der Waals surface area contributed by atoms with Gasteiger partial charge in [0.2, 0.25) is 11.0 Å². The Morgan fingerprint density at radius 3 is 2.64 bits per heavy atom. The van der Waals surface area contributed by atoms with Crippen LogP contribution in [0.5, 0.6) is 0 Å². The van der Waals surface area contributed by atoms with Crippen LogP contribution >= 0.6 is 11.3 Å². The lowest BCUT2D eigenvalue weighted by Gasteiger charge is -2.19. The number of nitrogens with zero attached hydrogens (tertiary/aromatic N) is 4. The average molecular weight is 374 g/mol. The van der Waals surface area contributed by atoms with E-state index >= 15 is 0 Å². The van der Waals surface area contributed by atoms with Gasteiger partial charge in [0.15, 0.2) is 0 Å². The fraction of sp³-hybridized carbons (Fsp3) is 0.308. The minimum absolute atomic E-state index is 0.251. The molecule has 134 valence electrons. The second-order valence-corrected chi connectivity index (χ2v) is 5.68. The summed E-state index contributed by atoms with van der Waals surface area (Å²) in [6, 6.07) is 2.89. The quantitative estimate of drug-likeness (QED) is 0.797. The second-order valence-electron chi connectivity index (χ2n) is 4.85. The summed E-state index contributed by atoms with van der Waals surface area (Å²) in [5.41, 5.74) is 1.72. The van der Waals surface area contributed by atoms with E-state index in [0.717, 1.165) is 18.4 Å². The topological polar surface area (TPSA) is 100 Å². The Labute approximate surface area is 144 Å². The number of carbonyl (C=O) groups is 2. The predicted octanol–water partition coefficient (Wildman–Crippen LogP) is 1.62. The van der Waals surface area contributed by atoms with Crippen molar-refractivity contribution in [2.75, 3.05) is 30.8 Å². The number of amides is 2. The molecule has 0 fully saturated rings. The van der Waals surface area contributed by atoms with E-state index in [9.17, 15) is 22.8 Å². The number of likely N-dealkylation sites (N-methyl/N-ethyl adjacent to an activating group) is 1. The van der Waals surface area contributed by atoms with Crippen molar-refractivity contribution in [1.29, 1.82) is 0 Å². The van der Waals surface area contributed by atoms with Gasteiger partial charge in [-0.25, -0.2) is 4.98 Å². The van der Waals surface area contributed by atoms with Crippen LogP contribution in [-0.4, -0.2) is 58.2 Å². The Hall–Kier alpha value is -2.76. The lowest BCUT2D eigenvalue weighted by Crippen LogP contribution is -2.39. The SMILES string of the molecule is CN(CC(F)(F)F)C(=O)CNc1ccc(C(=O)Nc2nncs2)cn1. The molecule has 0 aromatic carbocycles. The summed E-state index contributed by atoms with van der Waals surface area (Å²) in [7, 11) is 1.06. The van der Waals surface area contributed by atoms with E-state index in [1.165, 1.54) is 23.8 Å². The van der Waals surface area contributed by atoms with Crippen LogP contribution in [-0.2, 0) is 4.79 Å². The van der Waals surface area contributed by atoms with Gasteiger partial charge in [-0.3, -0.25) is 14.9 Å². The fourth-order valence-electron chi connectivity index (χ4n) is 1.69. The third-order valence-electron chi connectivity index (χ3n) is 2.87. The van der Waals surface area contributed by atoms with Crippen molar-refractivity contribution in [3.63, 3.8) is 0 Å². The maximum atomic E-state index is 12.2. The molecule has 2 N–H and O–H groups in total. The smallest absolute Gasteiger partial charge is 0.361 e. The van der Waals surface area contributed by atoms with Crippen molar-refractivity contribution in [2.45, 2.75) is 6.18 Å². The summed E-state index contributed by atoms with van der Waals surface area (Å²) in [5, 5.41) is 12.7. The van der Waals surface area contributed by atoms with Crippen molar-refractivity contribution >= 4 is 34.1 Å². The molecule has 2 heterocycles. The van der Waals surface area contributed by atoms with E-state index in [1.807, 2.05) is 0 Å². The zero-order chi connectivity index (χ0) is 18.4. The van der Waals surface area contributed by atoms with Gasteiger partial charge < -0.3 is 10.2 Å². The van der Waals surface area contributed by atoms with Crippen LogP contribution in [0.1, 0.15) is 10.4 Å². The number of nitrogens with one attached hydrogen (secondary N) is 2. The number of halogens is 3. The first-order chi connectivity index (χ1) is 11.7. The number of anilines is 2. The van der Waals surface area contributed by atoms with E-state index in [-0.39, 0.29) is 17.9 Å². The van der Waals surface area contributed by atoms with Crippen LogP contribution in [0.2, 0.25) is 0 Å². The normalized spacial score (nSPS) is 11.0. The Balaban J connectivity index is 1.85. The monoisotopic (exact) mass is 374 g/mol. The van der Waals surface area contributed by atoms with E-state index < -0.39 is 24.5 Å². The first-order valence-corrected chi connectivity index (χ1v) is 7.71. The van der Waals surface area contributed by atoms with E-state index in [4.69, 9.17) is 0 Å². The van der Waals surface area contributed by atoms with E-state index in [1.54, 1.807) is 0 Å². The number of carbonyl (C=O) groups excluding carboxylic acids is 2.